The Morgan fingerprint density at radius 1 is 0.641 bits per heavy atom. The van der Waals surface area contributed by atoms with Gasteiger partial charge in [-0.2, -0.15) is 0 Å². The highest BCUT2D eigenvalue weighted by Crippen LogP contribution is 2.37. The molecule has 0 spiro atoms. The van der Waals surface area contributed by atoms with Gasteiger partial charge in [0.05, 0.1) is 0 Å². The predicted molar refractivity (Wildman–Crippen MR) is 172 cm³/mol. The van der Waals surface area contributed by atoms with E-state index < -0.39 is 8.32 Å². The van der Waals surface area contributed by atoms with Crippen molar-refractivity contribution in [3.8, 4) is 11.8 Å². The molecular formula is C36H56O2Si. The summed E-state index contributed by atoms with van der Waals surface area (Å²) in [6.07, 6.45) is 18.5. The van der Waals surface area contributed by atoms with E-state index in [1.54, 1.807) is 0 Å². The van der Waals surface area contributed by atoms with Gasteiger partial charge in [-0.1, -0.05) is 139 Å². The van der Waals surface area contributed by atoms with Crippen molar-refractivity contribution in [2.75, 3.05) is 6.61 Å². The molecule has 216 valence electrons. The minimum absolute atomic E-state index is 0.0182. The van der Waals surface area contributed by atoms with Gasteiger partial charge in [-0.05, 0) is 48.0 Å². The number of unbranched alkanes of at least 4 members (excludes halogenated alkanes) is 12. The zero-order valence-corrected chi connectivity index (χ0v) is 26.5. The Morgan fingerprint density at radius 2 is 1.05 bits per heavy atom. The van der Waals surface area contributed by atoms with Crippen LogP contribution in [0, 0.1) is 11.8 Å². The highest BCUT2D eigenvalue weighted by atomic mass is 28.4. The van der Waals surface area contributed by atoms with Crippen molar-refractivity contribution in [3.05, 3.63) is 60.7 Å². The van der Waals surface area contributed by atoms with Crippen LogP contribution < -0.4 is 10.4 Å². The van der Waals surface area contributed by atoms with E-state index in [0.29, 0.717) is 6.61 Å². The molecule has 0 aliphatic rings. The quantitative estimate of drug-likeness (QED) is 0.108. The maximum absolute atomic E-state index is 8.81. The molecule has 0 saturated carbocycles. The van der Waals surface area contributed by atoms with Gasteiger partial charge >= 0.3 is 0 Å². The van der Waals surface area contributed by atoms with Crippen molar-refractivity contribution >= 4 is 18.7 Å². The van der Waals surface area contributed by atoms with Crippen LogP contribution in [0.25, 0.3) is 0 Å². The summed E-state index contributed by atoms with van der Waals surface area (Å²) >= 11 is 0. The summed E-state index contributed by atoms with van der Waals surface area (Å²) in [5.74, 6) is 6.85. The van der Waals surface area contributed by atoms with Gasteiger partial charge in [-0.3, -0.25) is 0 Å². The van der Waals surface area contributed by atoms with Crippen LogP contribution in [0.1, 0.15) is 124 Å². The zero-order valence-electron chi connectivity index (χ0n) is 25.5. The number of hydrogen-bond donors (Lipinski definition) is 1. The van der Waals surface area contributed by atoms with Crippen LogP contribution in [0.4, 0.5) is 0 Å². The number of aliphatic hydroxyl groups is 1. The van der Waals surface area contributed by atoms with E-state index in [1.165, 1.54) is 74.6 Å². The summed E-state index contributed by atoms with van der Waals surface area (Å²) in [4.78, 5) is 0. The fraction of sp³-hybridized carbons (Fsp3) is 0.611. The van der Waals surface area contributed by atoms with Gasteiger partial charge in [0.15, 0.2) is 0 Å². The second-order valence-corrected chi connectivity index (χ2v) is 16.5. The normalized spacial score (nSPS) is 12.6. The van der Waals surface area contributed by atoms with E-state index in [9.17, 15) is 0 Å². The summed E-state index contributed by atoms with van der Waals surface area (Å²) in [6.45, 7) is 9.65. The molecule has 1 atom stereocenters. The first-order valence-corrected chi connectivity index (χ1v) is 17.7. The first-order valence-electron chi connectivity index (χ1n) is 15.8. The lowest BCUT2D eigenvalue weighted by Gasteiger charge is -2.44. The molecule has 3 heteroatoms. The van der Waals surface area contributed by atoms with E-state index in [0.717, 1.165) is 32.1 Å². The van der Waals surface area contributed by atoms with Crippen molar-refractivity contribution in [2.45, 2.75) is 135 Å². The maximum atomic E-state index is 8.81. The molecule has 2 aromatic rings. The minimum Gasteiger partial charge on any atom is -0.405 e. The summed E-state index contributed by atoms with van der Waals surface area (Å²) in [5, 5.41) is 11.5. The molecule has 0 aliphatic carbocycles. The lowest BCUT2D eigenvalue weighted by atomic mass is 10.1. The third-order valence-corrected chi connectivity index (χ3v) is 13.0. The average molecular weight is 549 g/mol. The summed E-state index contributed by atoms with van der Waals surface area (Å²) < 4.78 is 7.19. The third-order valence-electron chi connectivity index (χ3n) is 7.79. The lowest BCUT2D eigenvalue weighted by Crippen LogP contribution is -2.67. The molecule has 0 radical (unpaired) electrons. The SMILES string of the molecule is CC(CCCC#CCCCCCCCCCCCCCO)O[Si](c1ccccc1)(c1ccccc1)C(C)(C)C. The molecule has 0 heterocycles. The molecule has 0 fully saturated rings. The predicted octanol–water partition coefficient (Wildman–Crippen LogP) is 8.80. The second kappa shape index (κ2) is 19.3. The first kappa shape index (κ1) is 33.3. The topological polar surface area (TPSA) is 29.5 Å². The number of hydrogen-bond acceptors (Lipinski definition) is 2. The Morgan fingerprint density at radius 3 is 1.49 bits per heavy atom. The van der Waals surface area contributed by atoms with E-state index in [4.69, 9.17) is 9.53 Å². The smallest absolute Gasteiger partial charge is 0.261 e. The van der Waals surface area contributed by atoms with Gasteiger partial charge in [0.1, 0.15) is 0 Å². The van der Waals surface area contributed by atoms with Gasteiger partial charge in [-0.15, -0.1) is 11.8 Å². The monoisotopic (exact) mass is 548 g/mol. The molecule has 0 bridgehead atoms. The van der Waals surface area contributed by atoms with E-state index in [1.807, 2.05) is 0 Å². The van der Waals surface area contributed by atoms with E-state index >= 15 is 0 Å². The Kier molecular flexibility index (Phi) is 16.5. The van der Waals surface area contributed by atoms with Crippen molar-refractivity contribution in [3.63, 3.8) is 0 Å². The molecule has 0 aromatic heterocycles. The van der Waals surface area contributed by atoms with Gasteiger partial charge < -0.3 is 9.53 Å². The molecule has 2 nitrogen and oxygen atoms in total. The highest BCUT2D eigenvalue weighted by molar-refractivity contribution is 6.99. The average Bonchev–Trinajstić information content (AvgIpc) is 2.93. The standard InChI is InChI=1S/C36H56O2Si/c1-33(27-21-17-15-13-11-9-7-5-6-8-10-12-14-16-18-26-32-37)38-39(36(2,3)4,34-28-22-19-23-29-34)35-30-24-20-25-31-35/h19-20,22-25,28-31,33,37H,5-12,14,16-18,21,26-27,32H2,1-4H3. The van der Waals surface area contributed by atoms with Crippen LogP contribution in [0.15, 0.2) is 60.7 Å². The number of benzene rings is 2. The number of rotatable bonds is 19. The highest BCUT2D eigenvalue weighted by Gasteiger charge is 2.50. The molecule has 0 amide bonds. The number of aliphatic hydroxyl groups excluding tert-OH is 1. The summed E-state index contributed by atoms with van der Waals surface area (Å²) in [5.41, 5.74) is 0. The fourth-order valence-corrected chi connectivity index (χ4v) is 10.4. The van der Waals surface area contributed by atoms with Gasteiger partial charge in [0.2, 0.25) is 0 Å². The fourth-order valence-electron chi connectivity index (χ4n) is 5.62. The van der Waals surface area contributed by atoms with E-state index in [2.05, 4.69) is 100 Å². The van der Waals surface area contributed by atoms with Crippen LogP contribution in [-0.2, 0) is 4.43 Å². The van der Waals surface area contributed by atoms with Crippen molar-refractivity contribution in [1.29, 1.82) is 0 Å². The molecule has 2 rings (SSSR count). The zero-order chi connectivity index (χ0) is 28.2. The minimum atomic E-state index is -2.47. The molecule has 39 heavy (non-hydrogen) atoms. The first-order chi connectivity index (χ1) is 18.9. The molecule has 0 saturated heterocycles. The largest absolute Gasteiger partial charge is 0.405 e. The third kappa shape index (κ3) is 12.0. The summed E-state index contributed by atoms with van der Waals surface area (Å²) in [7, 11) is -2.47. The van der Waals surface area contributed by atoms with Crippen molar-refractivity contribution in [2.24, 2.45) is 0 Å². The van der Waals surface area contributed by atoms with Crippen molar-refractivity contribution < 1.29 is 9.53 Å². The Labute approximate surface area is 242 Å². The Bertz CT molecular complexity index is 884. The molecule has 2 aromatic carbocycles. The van der Waals surface area contributed by atoms with Gasteiger partial charge in [-0.25, -0.2) is 0 Å². The Balaban J connectivity index is 1.70. The molecular weight excluding hydrogens is 492 g/mol. The van der Waals surface area contributed by atoms with Gasteiger partial charge in [0, 0.05) is 25.6 Å². The van der Waals surface area contributed by atoms with E-state index in [-0.39, 0.29) is 11.1 Å². The molecule has 1 N–H and O–H groups in total. The van der Waals surface area contributed by atoms with Gasteiger partial charge in [0.25, 0.3) is 8.32 Å². The van der Waals surface area contributed by atoms with Crippen LogP contribution in [0.2, 0.25) is 5.04 Å². The van der Waals surface area contributed by atoms with Crippen LogP contribution in [0.3, 0.4) is 0 Å². The lowest BCUT2D eigenvalue weighted by molar-refractivity contribution is 0.194. The van der Waals surface area contributed by atoms with Crippen LogP contribution in [0.5, 0.6) is 0 Å². The van der Waals surface area contributed by atoms with Crippen LogP contribution in [-0.4, -0.2) is 26.1 Å². The van der Waals surface area contributed by atoms with Crippen molar-refractivity contribution in [1.82, 2.24) is 0 Å². The maximum Gasteiger partial charge on any atom is 0.261 e. The molecule has 0 aliphatic heterocycles. The second-order valence-electron chi connectivity index (χ2n) is 12.2. The Hall–Kier alpha value is -1.86. The molecule has 1 unspecified atom stereocenters. The summed E-state index contributed by atoms with van der Waals surface area (Å²) in [6, 6.07) is 21.9. The van der Waals surface area contributed by atoms with Crippen LogP contribution >= 0.6 is 0 Å².